The van der Waals surface area contributed by atoms with Gasteiger partial charge in [-0.2, -0.15) is 47.0 Å². The lowest BCUT2D eigenvalue weighted by Gasteiger charge is -2.09. The summed E-state index contributed by atoms with van der Waals surface area (Å²) in [5, 5.41) is 3.11. The second-order valence-corrected chi connectivity index (χ2v) is 20.1. The molecule has 0 aromatic carbocycles. The first kappa shape index (κ1) is 53.2. The van der Waals surface area contributed by atoms with Crippen LogP contribution >= 0.6 is 47.0 Å². The Kier molecular flexibility index (Phi) is 49.6. The Hall–Kier alpha value is 1.20. The molecule has 324 valence electrons. The molecule has 5 nitrogen and oxygen atoms in total. The summed E-state index contributed by atoms with van der Waals surface area (Å²) in [4.78, 5) is 0. The second-order valence-electron chi connectivity index (χ2n) is 15.2. The summed E-state index contributed by atoms with van der Waals surface area (Å²) in [6, 6.07) is 0. The molecule has 9 aliphatic heterocycles. The van der Waals surface area contributed by atoms with Crippen LogP contribution in [0.1, 0.15) is 173 Å². The molecule has 1 N–H and O–H groups in total. The van der Waals surface area contributed by atoms with E-state index in [-0.39, 0.29) is 0 Å². The number of ether oxygens (including phenoxy) is 4. The Morgan fingerprint density at radius 3 is 0.500 bits per heavy atom. The molecule has 0 unspecified atom stereocenters. The van der Waals surface area contributed by atoms with Crippen LogP contribution in [-0.4, -0.2) is 112 Å². The zero-order valence-corrected chi connectivity index (χ0v) is 38.9. The quantitative estimate of drug-likeness (QED) is 0.240. The Morgan fingerprint density at radius 1 is 0.204 bits per heavy atom. The molecule has 9 saturated heterocycles. The third-order valence-electron chi connectivity index (χ3n) is 9.18. The first-order valence-electron chi connectivity index (χ1n) is 23.3. The molecule has 3 saturated carbocycles. The molecular weight excluding hydrogens is 747 g/mol. The molecule has 3 aliphatic carbocycles. The van der Waals surface area contributed by atoms with Crippen molar-refractivity contribution in [3.05, 3.63) is 0 Å². The highest BCUT2D eigenvalue weighted by Gasteiger charge is 1.99. The van der Waals surface area contributed by atoms with Crippen LogP contribution < -0.4 is 5.32 Å². The zero-order chi connectivity index (χ0) is 38.2. The molecule has 0 aromatic rings. The van der Waals surface area contributed by atoms with Gasteiger partial charge < -0.3 is 24.3 Å². The van der Waals surface area contributed by atoms with Gasteiger partial charge in [0.25, 0.3) is 0 Å². The van der Waals surface area contributed by atoms with E-state index < -0.39 is 0 Å². The largest absolute Gasteiger partial charge is 0.381 e. The van der Waals surface area contributed by atoms with E-state index in [2.05, 4.69) is 33.6 Å². The Labute approximate surface area is 354 Å². The average Bonchev–Trinajstić information content (AvgIpc) is 4.16. The Bertz CT molecular complexity index is 464. The third kappa shape index (κ3) is 59.9. The molecule has 0 spiro atoms. The van der Waals surface area contributed by atoms with Crippen LogP contribution in [0.3, 0.4) is 0 Å². The molecular formula is C45H91NO4S4. The third-order valence-corrected chi connectivity index (χ3v) is 13.1. The molecule has 0 amide bonds. The van der Waals surface area contributed by atoms with E-state index in [9.17, 15) is 0 Å². The summed E-state index contributed by atoms with van der Waals surface area (Å²) in [6.07, 6.45) is 38.9. The first-order valence-corrected chi connectivity index (χ1v) is 27.9. The fraction of sp³-hybridized carbons (Fsp3) is 1.00. The fourth-order valence-electron chi connectivity index (χ4n) is 4.80. The normalized spacial score (nSPS) is 24.0. The van der Waals surface area contributed by atoms with Gasteiger partial charge in [-0.3, -0.25) is 0 Å². The van der Waals surface area contributed by atoms with Crippen LogP contribution in [0.25, 0.3) is 0 Å². The van der Waals surface area contributed by atoms with Gasteiger partial charge in [0.15, 0.2) is 0 Å². The van der Waals surface area contributed by atoms with Gasteiger partial charge >= 0.3 is 0 Å². The zero-order valence-electron chi connectivity index (χ0n) is 35.6. The standard InChI is InChI=1S/C6H12.C5H10O.C5H10S.C5H10.C4H8O.C4H8S.C3H7N.C3H6O.C3H6S.C3H6.C2H4O.C2H4S/c3*1-2-4-6-5-3-1;3*1-2-4-5-3-1;3*1-2-4-3-1;3*1-2-3-1/h1-6H2;2*1-5H2;1-5H2;2*1-4H2;4H,1-3H2;2*1-3H2;1-3H2;2*1-2H2. The van der Waals surface area contributed by atoms with E-state index >= 15 is 0 Å². The van der Waals surface area contributed by atoms with E-state index in [0.29, 0.717) is 0 Å². The predicted octanol–water partition coefficient (Wildman–Crippen LogP) is 13.1. The van der Waals surface area contributed by atoms with Crippen LogP contribution in [0.4, 0.5) is 0 Å². The van der Waals surface area contributed by atoms with Crippen molar-refractivity contribution >= 4 is 47.0 Å². The number of nitrogens with one attached hydrogen (secondary N) is 1. The van der Waals surface area contributed by atoms with Crippen LogP contribution in [0.5, 0.6) is 0 Å². The summed E-state index contributed by atoms with van der Waals surface area (Å²) >= 11 is 8.21. The van der Waals surface area contributed by atoms with Crippen molar-refractivity contribution in [1.82, 2.24) is 5.32 Å². The van der Waals surface area contributed by atoms with Crippen LogP contribution in [0.15, 0.2) is 0 Å². The van der Waals surface area contributed by atoms with Crippen LogP contribution in [-0.2, 0) is 18.9 Å². The molecule has 12 aliphatic rings. The van der Waals surface area contributed by atoms with Gasteiger partial charge in [0.05, 0.1) is 13.2 Å². The summed E-state index contributed by atoms with van der Waals surface area (Å²) < 4.78 is 19.2. The van der Waals surface area contributed by atoms with E-state index in [1.807, 2.05) is 23.5 Å². The van der Waals surface area contributed by atoms with Crippen LogP contribution in [0, 0.1) is 0 Å². The molecule has 12 rings (SSSR count). The lowest BCUT2D eigenvalue weighted by atomic mass is 10.0. The molecule has 9 heterocycles. The summed E-state index contributed by atoms with van der Waals surface area (Å²) in [6.45, 7) is 10.5. The highest BCUT2D eigenvalue weighted by atomic mass is 32.2. The van der Waals surface area contributed by atoms with E-state index in [1.165, 1.54) is 232 Å². The topological polar surface area (TPSA) is 52.2 Å². The van der Waals surface area contributed by atoms with Crippen molar-refractivity contribution in [2.75, 3.05) is 112 Å². The monoisotopic (exact) mass is 838 g/mol. The van der Waals surface area contributed by atoms with Gasteiger partial charge in [0, 0.05) is 51.1 Å². The molecule has 0 bridgehead atoms. The van der Waals surface area contributed by atoms with Gasteiger partial charge in [0.2, 0.25) is 0 Å². The summed E-state index contributed by atoms with van der Waals surface area (Å²) in [5.41, 5.74) is 0. The minimum absolute atomic E-state index is 1.00. The van der Waals surface area contributed by atoms with E-state index in [0.717, 1.165) is 52.9 Å². The minimum Gasteiger partial charge on any atom is -0.381 e. The number of hydrogen-bond acceptors (Lipinski definition) is 9. The van der Waals surface area contributed by atoms with E-state index in [4.69, 9.17) is 14.2 Å². The molecule has 0 aromatic heterocycles. The van der Waals surface area contributed by atoms with Crippen molar-refractivity contribution in [3.63, 3.8) is 0 Å². The number of hydrogen-bond donors (Lipinski definition) is 1. The molecule has 12 fully saturated rings. The maximum Gasteiger partial charge on any atom is 0.0701 e. The Balaban J connectivity index is 0.000000296. The SMILES string of the molecule is C1CC1.C1CCCC1.C1CCCCC1.C1CCOC1.C1CCOCC1.C1CCSC1.C1CCSCC1.C1CNC1.C1CO1.C1COC1.C1CS1.C1CSC1. The minimum atomic E-state index is 1.00. The molecule has 9 heteroatoms. The van der Waals surface area contributed by atoms with Gasteiger partial charge in [0.1, 0.15) is 0 Å². The van der Waals surface area contributed by atoms with Crippen molar-refractivity contribution < 1.29 is 18.9 Å². The molecule has 0 radical (unpaired) electrons. The van der Waals surface area contributed by atoms with E-state index in [1.54, 1.807) is 0 Å². The Morgan fingerprint density at radius 2 is 0.407 bits per heavy atom. The smallest absolute Gasteiger partial charge is 0.0701 e. The van der Waals surface area contributed by atoms with Gasteiger partial charge in [-0.05, 0) is 125 Å². The molecule has 54 heavy (non-hydrogen) atoms. The van der Waals surface area contributed by atoms with Crippen molar-refractivity contribution in [2.24, 2.45) is 0 Å². The fourth-order valence-corrected chi connectivity index (χ4v) is 7.13. The van der Waals surface area contributed by atoms with Crippen LogP contribution in [0.2, 0.25) is 0 Å². The van der Waals surface area contributed by atoms with Gasteiger partial charge in [-0.25, -0.2) is 0 Å². The second kappa shape index (κ2) is 50.3. The lowest BCUT2D eigenvalue weighted by Crippen LogP contribution is -2.29. The predicted molar refractivity (Wildman–Crippen MR) is 250 cm³/mol. The van der Waals surface area contributed by atoms with Gasteiger partial charge in [-0.1, -0.05) is 96.3 Å². The maximum atomic E-state index is 5.07. The first-order chi connectivity index (χ1) is 27.0. The molecule has 0 atom stereocenters. The number of thioether (sulfide) groups is 4. The highest BCUT2D eigenvalue weighted by Crippen LogP contribution is 2.17. The van der Waals surface area contributed by atoms with Gasteiger partial charge in [-0.15, -0.1) is 0 Å². The van der Waals surface area contributed by atoms with Crippen molar-refractivity contribution in [1.29, 1.82) is 0 Å². The summed E-state index contributed by atoms with van der Waals surface area (Å²) in [5.74, 6) is 11.3. The van der Waals surface area contributed by atoms with Crippen molar-refractivity contribution in [2.45, 2.75) is 173 Å². The lowest BCUT2D eigenvalue weighted by molar-refractivity contribution is 0.0367. The number of rotatable bonds is 0. The average molecular weight is 838 g/mol. The maximum absolute atomic E-state index is 5.07. The van der Waals surface area contributed by atoms with Crippen molar-refractivity contribution in [3.8, 4) is 0 Å². The highest BCUT2D eigenvalue weighted by molar-refractivity contribution is 8.06. The number of epoxide rings is 1. The summed E-state index contributed by atoms with van der Waals surface area (Å²) in [7, 11) is 0.